The highest BCUT2D eigenvalue weighted by Gasteiger charge is 2.16. The highest BCUT2D eigenvalue weighted by atomic mass is 32.1. The number of aryl methyl sites for hydroxylation is 1. The summed E-state index contributed by atoms with van der Waals surface area (Å²) in [5, 5.41) is 13.4. The molecule has 0 aromatic carbocycles. The Morgan fingerprint density at radius 3 is 2.86 bits per heavy atom. The molecule has 2 aromatic heterocycles. The summed E-state index contributed by atoms with van der Waals surface area (Å²) in [7, 11) is 3.69. The third kappa shape index (κ3) is 1.66. The fourth-order valence-electron chi connectivity index (χ4n) is 1.31. The van der Waals surface area contributed by atoms with Crippen molar-refractivity contribution in [3.05, 3.63) is 29.0 Å². The van der Waals surface area contributed by atoms with Gasteiger partial charge in [0.1, 0.15) is 5.69 Å². The van der Waals surface area contributed by atoms with E-state index in [1.54, 1.807) is 18.0 Å². The van der Waals surface area contributed by atoms with Crippen molar-refractivity contribution in [1.82, 2.24) is 24.7 Å². The van der Waals surface area contributed by atoms with Crippen molar-refractivity contribution >= 4 is 11.5 Å². The molecule has 1 atom stereocenters. The third-order valence-electron chi connectivity index (χ3n) is 1.96. The summed E-state index contributed by atoms with van der Waals surface area (Å²) in [5.74, 6) is 0. The lowest BCUT2D eigenvalue weighted by molar-refractivity contribution is 0.608. The molecule has 0 aliphatic rings. The Morgan fingerprint density at radius 2 is 2.36 bits per heavy atom. The fraction of sp³-hybridized carbons (Fsp3) is 0.375. The van der Waals surface area contributed by atoms with E-state index >= 15 is 0 Å². The van der Waals surface area contributed by atoms with Crippen molar-refractivity contribution < 1.29 is 0 Å². The Hall–Kier alpha value is -1.27. The molecule has 6 heteroatoms. The first-order chi connectivity index (χ1) is 6.81. The molecule has 2 rings (SSSR count). The van der Waals surface area contributed by atoms with Gasteiger partial charge in [-0.3, -0.25) is 0 Å². The van der Waals surface area contributed by atoms with Crippen molar-refractivity contribution in [1.29, 1.82) is 0 Å². The first-order valence-electron chi connectivity index (χ1n) is 4.25. The smallest absolute Gasteiger partial charge is 0.106 e. The number of nitrogens with zero attached hydrogens (tertiary/aromatic N) is 4. The van der Waals surface area contributed by atoms with Crippen molar-refractivity contribution in [3.8, 4) is 0 Å². The number of aromatic nitrogens is 4. The van der Waals surface area contributed by atoms with E-state index in [1.807, 2.05) is 18.5 Å². The van der Waals surface area contributed by atoms with Gasteiger partial charge < -0.3 is 5.32 Å². The normalized spacial score (nSPS) is 13.0. The average molecular weight is 209 g/mol. The zero-order chi connectivity index (χ0) is 9.97. The van der Waals surface area contributed by atoms with Crippen LogP contribution in [0.5, 0.6) is 0 Å². The molecule has 2 heterocycles. The molecule has 1 N–H and O–H groups in total. The molecule has 0 saturated carbocycles. The average Bonchev–Trinajstić information content (AvgIpc) is 2.79. The molecule has 0 radical (unpaired) electrons. The zero-order valence-corrected chi connectivity index (χ0v) is 8.82. The molecule has 2 aromatic rings. The molecular weight excluding hydrogens is 198 g/mol. The fourth-order valence-corrected chi connectivity index (χ4v) is 1.86. The van der Waals surface area contributed by atoms with Gasteiger partial charge in [-0.1, -0.05) is 0 Å². The number of hydrogen-bond acceptors (Lipinski definition) is 5. The van der Waals surface area contributed by atoms with Crippen molar-refractivity contribution in [2.24, 2.45) is 7.05 Å². The molecule has 74 valence electrons. The minimum absolute atomic E-state index is 0.0370. The highest BCUT2D eigenvalue weighted by molar-refractivity contribution is 7.03. The van der Waals surface area contributed by atoms with Gasteiger partial charge in [-0.25, -0.2) is 0 Å². The first kappa shape index (κ1) is 9.29. The van der Waals surface area contributed by atoms with Gasteiger partial charge in [-0.05, 0) is 24.6 Å². The third-order valence-corrected chi connectivity index (χ3v) is 2.53. The van der Waals surface area contributed by atoms with E-state index in [0.717, 1.165) is 11.4 Å². The van der Waals surface area contributed by atoms with Crippen LogP contribution in [0.2, 0.25) is 0 Å². The van der Waals surface area contributed by atoms with Gasteiger partial charge in [-0.15, -0.1) is 0 Å². The van der Waals surface area contributed by atoms with Crippen LogP contribution in [0.15, 0.2) is 17.6 Å². The summed E-state index contributed by atoms with van der Waals surface area (Å²) in [4.78, 5) is 1.55. The maximum atomic E-state index is 4.28. The molecule has 0 bridgehead atoms. The lowest BCUT2D eigenvalue weighted by Crippen LogP contribution is -2.18. The number of hydrogen-bond donors (Lipinski definition) is 1. The molecule has 0 fully saturated rings. The van der Waals surface area contributed by atoms with Gasteiger partial charge in [0.15, 0.2) is 0 Å². The zero-order valence-electron chi connectivity index (χ0n) is 8.01. The van der Waals surface area contributed by atoms with Gasteiger partial charge in [-0.2, -0.15) is 19.4 Å². The maximum Gasteiger partial charge on any atom is 0.106 e. The van der Waals surface area contributed by atoms with Gasteiger partial charge >= 0.3 is 0 Å². The Morgan fingerprint density at radius 1 is 1.50 bits per heavy atom. The number of rotatable bonds is 3. The highest BCUT2D eigenvalue weighted by Crippen LogP contribution is 2.18. The quantitative estimate of drug-likeness (QED) is 0.803. The predicted octanol–water partition coefficient (Wildman–Crippen LogP) is 0.580. The minimum atomic E-state index is 0.0370. The molecule has 0 aliphatic heterocycles. The van der Waals surface area contributed by atoms with Crippen LogP contribution in [-0.4, -0.2) is 26.4 Å². The van der Waals surface area contributed by atoms with Crippen LogP contribution >= 0.6 is 11.5 Å². The lowest BCUT2D eigenvalue weighted by Gasteiger charge is -2.09. The molecule has 14 heavy (non-hydrogen) atoms. The summed E-state index contributed by atoms with van der Waals surface area (Å²) in [6.45, 7) is 0. The summed E-state index contributed by atoms with van der Waals surface area (Å²) < 4.78 is 4.28. The van der Waals surface area contributed by atoms with Gasteiger partial charge in [0.05, 0.1) is 17.9 Å². The van der Waals surface area contributed by atoms with Gasteiger partial charge in [0.2, 0.25) is 0 Å². The van der Waals surface area contributed by atoms with Crippen molar-refractivity contribution in [3.63, 3.8) is 0 Å². The second kappa shape index (κ2) is 3.85. The largest absolute Gasteiger partial charge is 0.307 e. The monoisotopic (exact) mass is 209 g/mol. The summed E-state index contributed by atoms with van der Waals surface area (Å²) in [6.07, 6.45) is 1.75. The SMILES string of the molecule is CNC(c1ccsn1)c1cnn(C)n1. The van der Waals surface area contributed by atoms with E-state index in [-0.39, 0.29) is 6.04 Å². The number of nitrogens with one attached hydrogen (secondary N) is 1. The summed E-state index contributed by atoms with van der Waals surface area (Å²) in [5.41, 5.74) is 1.87. The molecule has 0 amide bonds. The van der Waals surface area contributed by atoms with E-state index in [2.05, 4.69) is 19.9 Å². The van der Waals surface area contributed by atoms with E-state index in [0.29, 0.717) is 0 Å². The first-order valence-corrected chi connectivity index (χ1v) is 5.08. The Labute approximate surface area is 85.9 Å². The van der Waals surface area contributed by atoms with Crippen LogP contribution in [0.4, 0.5) is 0 Å². The van der Waals surface area contributed by atoms with Gasteiger partial charge in [0.25, 0.3) is 0 Å². The van der Waals surface area contributed by atoms with E-state index in [4.69, 9.17) is 0 Å². The van der Waals surface area contributed by atoms with Crippen LogP contribution in [0.3, 0.4) is 0 Å². The summed E-state index contributed by atoms with van der Waals surface area (Å²) >= 11 is 1.44. The lowest BCUT2D eigenvalue weighted by atomic mass is 10.1. The van der Waals surface area contributed by atoms with Crippen LogP contribution in [-0.2, 0) is 7.05 Å². The molecule has 0 aliphatic carbocycles. The standard InChI is InChI=1S/C8H11N5S/c1-9-8(6-3-4-14-12-6)7-5-10-13(2)11-7/h3-5,8-9H,1-2H3. The molecule has 0 saturated heterocycles. The maximum absolute atomic E-state index is 4.28. The van der Waals surface area contributed by atoms with Crippen molar-refractivity contribution in [2.45, 2.75) is 6.04 Å². The second-order valence-electron chi connectivity index (χ2n) is 2.90. The Balaban J connectivity index is 2.31. The Kier molecular flexibility index (Phi) is 2.55. The van der Waals surface area contributed by atoms with Crippen LogP contribution in [0.1, 0.15) is 17.4 Å². The topological polar surface area (TPSA) is 55.6 Å². The van der Waals surface area contributed by atoms with E-state index < -0.39 is 0 Å². The van der Waals surface area contributed by atoms with Crippen LogP contribution < -0.4 is 5.32 Å². The van der Waals surface area contributed by atoms with E-state index in [1.165, 1.54) is 11.5 Å². The molecule has 5 nitrogen and oxygen atoms in total. The van der Waals surface area contributed by atoms with E-state index in [9.17, 15) is 0 Å². The van der Waals surface area contributed by atoms with Crippen LogP contribution in [0, 0.1) is 0 Å². The minimum Gasteiger partial charge on any atom is -0.307 e. The molecular formula is C8H11N5S. The van der Waals surface area contributed by atoms with Crippen LogP contribution in [0.25, 0.3) is 0 Å². The molecule has 1 unspecified atom stereocenters. The summed E-state index contributed by atoms with van der Waals surface area (Å²) in [6, 6.07) is 2.02. The predicted molar refractivity (Wildman–Crippen MR) is 54.0 cm³/mol. The van der Waals surface area contributed by atoms with Gasteiger partial charge in [0, 0.05) is 12.4 Å². The second-order valence-corrected chi connectivity index (χ2v) is 3.57. The molecule has 0 spiro atoms. The van der Waals surface area contributed by atoms with Crippen molar-refractivity contribution in [2.75, 3.05) is 7.05 Å². The Bertz CT molecular complexity index is 394.